The Kier molecular flexibility index (Phi) is 8.04. The molecule has 0 aromatic heterocycles. The minimum Gasteiger partial charge on any atom is -0.454 e. The van der Waals surface area contributed by atoms with Crippen LogP contribution in [-0.2, 0) is 11.3 Å². The zero-order chi connectivity index (χ0) is 18.5. The van der Waals surface area contributed by atoms with Crippen molar-refractivity contribution in [2.75, 3.05) is 53.2 Å². The van der Waals surface area contributed by atoms with Crippen molar-refractivity contribution in [1.29, 1.82) is 0 Å². The smallest absolute Gasteiger partial charge is 0.231 e. The molecule has 3 heterocycles. The number of fused-ring (bicyclic) bond motifs is 1. The summed E-state index contributed by atoms with van der Waals surface area (Å²) in [5, 5.41) is 3.51. The summed E-state index contributed by atoms with van der Waals surface area (Å²) in [5.74, 6) is 2.72. The van der Waals surface area contributed by atoms with Crippen LogP contribution in [0.2, 0.25) is 0 Å². The first-order chi connectivity index (χ1) is 13.3. The lowest BCUT2D eigenvalue weighted by atomic mass is 10.1. The Balaban J connectivity index is 0.00000225. The lowest BCUT2D eigenvalue weighted by molar-refractivity contribution is 0.105. The second-order valence-electron chi connectivity index (χ2n) is 7.35. The summed E-state index contributed by atoms with van der Waals surface area (Å²) in [6, 6.07) is 6.24. The van der Waals surface area contributed by atoms with Gasteiger partial charge in [-0.15, -0.1) is 24.0 Å². The number of hydrogen-bond donors (Lipinski definition) is 1. The molecule has 0 saturated carbocycles. The fourth-order valence-corrected chi connectivity index (χ4v) is 3.96. The Morgan fingerprint density at radius 3 is 2.75 bits per heavy atom. The predicted molar refractivity (Wildman–Crippen MR) is 120 cm³/mol. The number of hydrogen-bond acceptors (Lipinski definition) is 5. The standard InChI is InChI=1S/C20H30N4O3.HI/c1-21-20(22-7-6-17-3-2-12-25-17)24-10-8-23(9-11-24)14-16-4-5-18-19(13-16)27-15-26-18;/h4-5,13,17H,2-3,6-12,14-15H2,1H3,(H,21,22);1H. The maximum atomic E-state index is 5.70. The molecule has 3 aliphatic rings. The maximum absolute atomic E-state index is 5.70. The van der Waals surface area contributed by atoms with E-state index in [0.29, 0.717) is 12.9 Å². The van der Waals surface area contributed by atoms with Crippen molar-refractivity contribution < 1.29 is 14.2 Å². The van der Waals surface area contributed by atoms with Crippen LogP contribution < -0.4 is 14.8 Å². The van der Waals surface area contributed by atoms with E-state index in [1.165, 1.54) is 18.4 Å². The van der Waals surface area contributed by atoms with E-state index >= 15 is 0 Å². The van der Waals surface area contributed by atoms with Crippen molar-refractivity contribution in [2.24, 2.45) is 4.99 Å². The van der Waals surface area contributed by atoms with Crippen molar-refractivity contribution in [1.82, 2.24) is 15.1 Å². The molecule has 1 N–H and O–H groups in total. The molecule has 3 aliphatic heterocycles. The van der Waals surface area contributed by atoms with Gasteiger partial charge in [0.1, 0.15) is 0 Å². The molecular formula is C20H31IN4O3. The molecule has 28 heavy (non-hydrogen) atoms. The van der Waals surface area contributed by atoms with Gasteiger partial charge in [-0.05, 0) is 37.0 Å². The summed E-state index contributed by atoms with van der Waals surface area (Å²) in [5.41, 5.74) is 1.27. The predicted octanol–water partition coefficient (Wildman–Crippen LogP) is 2.30. The molecule has 1 aromatic carbocycles. The van der Waals surface area contributed by atoms with E-state index in [-0.39, 0.29) is 24.0 Å². The van der Waals surface area contributed by atoms with Gasteiger partial charge in [-0.3, -0.25) is 9.89 Å². The second-order valence-corrected chi connectivity index (χ2v) is 7.35. The molecule has 0 bridgehead atoms. The number of aliphatic imine (C=N–C) groups is 1. The third-order valence-corrected chi connectivity index (χ3v) is 5.50. The first kappa shape index (κ1) is 21.4. The van der Waals surface area contributed by atoms with E-state index in [1.54, 1.807) is 0 Å². The molecule has 156 valence electrons. The van der Waals surface area contributed by atoms with Gasteiger partial charge < -0.3 is 24.4 Å². The van der Waals surface area contributed by atoms with Crippen molar-refractivity contribution in [2.45, 2.75) is 31.9 Å². The fourth-order valence-electron chi connectivity index (χ4n) is 3.96. The molecule has 2 fully saturated rings. The molecule has 0 aliphatic carbocycles. The molecule has 0 spiro atoms. The summed E-state index contributed by atoms with van der Waals surface area (Å²) in [4.78, 5) is 9.30. The van der Waals surface area contributed by atoms with Crippen molar-refractivity contribution >= 4 is 29.9 Å². The van der Waals surface area contributed by atoms with Crippen LogP contribution >= 0.6 is 24.0 Å². The van der Waals surface area contributed by atoms with E-state index in [4.69, 9.17) is 14.2 Å². The third-order valence-electron chi connectivity index (χ3n) is 5.50. The Bertz CT molecular complexity index is 659. The average molecular weight is 502 g/mol. The number of nitrogens with one attached hydrogen (secondary N) is 1. The number of benzene rings is 1. The van der Waals surface area contributed by atoms with Gasteiger partial charge in [0.25, 0.3) is 0 Å². The van der Waals surface area contributed by atoms with Gasteiger partial charge in [0.05, 0.1) is 6.10 Å². The molecule has 8 heteroatoms. The Morgan fingerprint density at radius 1 is 1.18 bits per heavy atom. The van der Waals surface area contributed by atoms with Crippen LogP contribution in [0.3, 0.4) is 0 Å². The van der Waals surface area contributed by atoms with Gasteiger partial charge in [-0.1, -0.05) is 6.07 Å². The monoisotopic (exact) mass is 502 g/mol. The van der Waals surface area contributed by atoms with E-state index < -0.39 is 0 Å². The van der Waals surface area contributed by atoms with Crippen molar-refractivity contribution in [3.8, 4) is 11.5 Å². The summed E-state index contributed by atoms with van der Waals surface area (Å²) < 4.78 is 16.6. The van der Waals surface area contributed by atoms with Crippen LogP contribution in [0.5, 0.6) is 11.5 Å². The Morgan fingerprint density at radius 2 is 2.00 bits per heavy atom. The van der Waals surface area contributed by atoms with Gasteiger partial charge in [0.2, 0.25) is 6.79 Å². The van der Waals surface area contributed by atoms with Gasteiger partial charge in [-0.25, -0.2) is 0 Å². The number of nitrogens with zero attached hydrogens (tertiary/aromatic N) is 3. The minimum atomic E-state index is 0. The van der Waals surface area contributed by atoms with Crippen LogP contribution in [0.25, 0.3) is 0 Å². The molecule has 1 unspecified atom stereocenters. The molecule has 4 rings (SSSR count). The molecule has 0 radical (unpaired) electrons. The zero-order valence-corrected chi connectivity index (χ0v) is 18.9. The van der Waals surface area contributed by atoms with Crippen molar-refractivity contribution in [3.05, 3.63) is 23.8 Å². The molecule has 7 nitrogen and oxygen atoms in total. The quantitative estimate of drug-likeness (QED) is 0.379. The van der Waals surface area contributed by atoms with E-state index in [9.17, 15) is 0 Å². The highest BCUT2D eigenvalue weighted by Gasteiger charge is 2.21. The summed E-state index contributed by atoms with van der Waals surface area (Å²) in [6.07, 6.45) is 3.88. The number of piperazine rings is 1. The van der Waals surface area contributed by atoms with Gasteiger partial charge in [0, 0.05) is 52.9 Å². The van der Waals surface area contributed by atoms with Gasteiger partial charge in [0.15, 0.2) is 17.5 Å². The van der Waals surface area contributed by atoms with E-state index in [0.717, 1.165) is 69.8 Å². The Hall–Kier alpha value is -1.26. The summed E-state index contributed by atoms with van der Waals surface area (Å²) in [6.45, 7) is 7.15. The number of ether oxygens (including phenoxy) is 3. The fraction of sp³-hybridized carbons (Fsp3) is 0.650. The van der Waals surface area contributed by atoms with Gasteiger partial charge in [-0.2, -0.15) is 0 Å². The topological polar surface area (TPSA) is 58.6 Å². The van der Waals surface area contributed by atoms with Crippen LogP contribution in [0.15, 0.2) is 23.2 Å². The highest BCUT2D eigenvalue weighted by Crippen LogP contribution is 2.32. The highest BCUT2D eigenvalue weighted by atomic mass is 127. The van der Waals surface area contributed by atoms with Gasteiger partial charge >= 0.3 is 0 Å². The molecule has 0 amide bonds. The summed E-state index contributed by atoms with van der Waals surface area (Å²) in [7, 11) is 1.87. The molecule has 1 aromatic rings. The minimum absolute atomic E-state index is 0. The molecule has 1 atom stereocenters. The lowest BCUT2D eigenvalue weighted by Gasteiger charge is -2.36. The highest BCUT2D eigenvalue weighted by molar-refractivity contribution is 14.0. The second kappa shape index (κ2) is 10.5. The zero-order valence-electron chi connectivity index (χ0n) is 16.6. The maximum Gasteiger partial charge on any atom is 0.231 e. The van der Waals surface area contributed by atoms with Crippen LogP contribution in [0, 0.1) is 0 Å². The molecular weight excluding hydrogens is 471 g/mol. The first-order valence-corrected chi connectivity index (χ1v) is 10.00. The largest absolute Gasteiger partial charge is 0.454 e. The number of rotatable bonds is 5. The number of guanidine groups is 1. The average Bonchev–Trinajstić information content (AvgIpc) is 3.37. The van der Waals surface area contributed by atoms with E-state index in [1.807, 2.05) is 13.1 Å². The summed E-state index contributed by atoms with van der Waals surface area (Å²) >= 11 is 0. The number of halogens is 1. The van der Waals surface area contributed by atoms with E-state index in [2.05, 4.69) is 32.2 Å². The van der Waals surface area contributed by atoms with Crippen LogP contribution in [0.4, 0.5) is 0 Å². The lowest BCUT2D eigenvalue weighted by Crippen LogP contribution is -2.52. The first-order valence-electron chi connectivity index (χ1n) is 10.00. The van der Waals surface area contributed by atoms with Crippen LogP contribution in [-0.4, -0.2) is 75.0 Å². The normalized spacial score (nSPS) is 22.2. The van der Waals surface area contributed by atoms with Crippen LogP contribution in [0.1, 0.15) is 24.8 Å². The van der Waals surface area contributed by atoms with Crippen molar-refractivity contribution in [3.63, 3.8) is 0 Å². The molecule has 2 saturated heterocycles. The Labute approximate surface area is 184 Å². The third kappa shape index (κ3) is 5.42. The SMILES string of the molecule is CN=C(NCCC1CCCO1)N1CCN(Cc2ccc3c(c2)OCO3)CC1.I.